The van der Waals surface area contributed by atoms with Crippen molar-refractivity contribution in [3.63, 3.8) is 0 Å². The summed E-state index contributed by atoms with van der Waals surface area (Å²) in [6.07, 6.45) is 4.34. The second-order valence-electron chi connectivity index (χ2n) is 7.05. The summed E-state index contributed by atoms with van der Waals surface area (Å²) >= 11 is 0. The molecule has 1 fully saturated rings. The molecule has 2 aromatic heterocycles. The van der Waals surface area contributed by atoms with Crippen LogP contribution in [0.25, 0.3) is 33.4 Å². The van der Waals surface area contributed by atoms with Gasteiger partial charge < -0.3 is 4.90 Å². The Balaban J connectivity index is 1.78. The van der Waals surface area contributed by atoms with E-state index in [-0.39, 0.29) is 0 Å². The van der Waals surface area contributed by atoms with Crippen molar-refractivity contribution in [1.29, 1.82) is 0 Å². The first-order valence-corrected chi connectivity index (χ1v) is 9.30. The Bertz CT molecular complexity index is 1070. The number of nitrogens with zero attached hydrogens (tertiary/aromatic N) is 5. The van der Waals surface area contributed by atoms with E-state index in [1.165, 1.54) is 18.5 Å². The summed E-state index contributed by atoms with van der Waals surface area (Å²) in [5.74, 6) is 0.628. The quantitative estimate of drug-likeness (QED) is 0.599. The van der Waals surface area contributed by atoms with Gasteiger partial charge in [0.2, 0.25) is 0 Å². The summed E-state index contributed by atoms with van der Waals surface area (Å²) in [6, 6.07) is 17.5. The standard InChI is InChI=1S/C21H20N6/c1-14-6-5-11-27(14)16-9-10-19-17(12-16)20(15-7-3-2-4-8-15)18(13-22-19)21-23-25-26-24-21/h2-4,7-10,12-14H,5-6,11H2,1H3,(H,23,24,25,26). The first kappa shape index (κ1) is 15.9. The average molecular weight is 356 g/mol. The van der Waals surface area contributed by atoms with Crippen LogP contribution in [0.4, 0.5) is 5.69 Å². The number of tetrazole rings is 1. The fourth-order valence-corrected chi connectivity index (χ4v) is 4.04. The highest BCUT2D eigenvalue weighted by Gasteiger charge is 2.22. The third-order valence-corrected chi connectivity index (χ3v) is 5.40. The lowest BCUT2D eigenvalue weighted by atomic mass is 9.95. The van der Waals surface area contributed by atoms with Gasteiger partial charge in [0.05, 0.1) is 5.52 Å². The largest absolute Gasteiger partial charge is 0.369 e. The average Bonchev–Trinajstić information content (AvgIpc) is 3.39. The number of aromatic nitrogens is 5. The summed E-state index contributed by atoms with van der Waals surface area (Å²) in [5.41, 5.74) is 5.36. The van der Waals surface area contributed by atoms with Gasteiger partial charge in [-0.1, -0.05) is 30.3 Å². The molecule has 1 unspecified atom stereocenters. The molecule has 3 heterocycles. The molecule has 1 N–H and O–H groups in total. The Kier molecular flexibility index (Phi) is 3.81. The van der Waals surface area contributed by atoms with Crippen LogP contribution in [0.2, 0.25) is 0 Å². The molecule has 0 bridgehead atoms. The van der Waals surface area contributed by atoms with Crippen LogP contribution >= 0.6 is 0 Å². The maximum Gasteiger partial charge on any atom is 0.181 e. The fourth-order valence-electron chi connectivity index (χ4n) is 4.04. The molecule has 134 valence electrons. The van der Waals surface area contributed by atoms with Crippen LogP contribution in [0.1, 0.15) is 19.8 Å². The van der Waals surface area contributed by atoms with E-state index in [0.717, 1.165) is 34.1 Å². The van der Waals surface area contributed by atoms with Gasteiger partial charge in [0.15, 0.2) is 5.82 Å². The minimum atomic E-state index is 0.567. The van der Waals surface area contributed by atoms with Crippen molar-refractivity contribution < 1.29 is 0 Å². The summed E-state index contributed by atoms with van der Waals surface area (Å²) in [7, 11) is 0. The second-order valence-corrected chi connectivity index (χ2v) is 7.05. The maximum atomic E-state index is 4.68. The number of aromatic amines is 1. The van der Waals surface area contributed by atoms with E-state index in [1.54, 1.807) is 0 Å². The third-order valence-electron chi connectivity index (χ3n) is 5.40. The number of H-pyrrole nitrogens is 1. The summed E-state index contributed by atoms with van der Waals surface area (Å²) in [4.78, 5) is 7.16. The molecule has 4 aromatic rings. The predicted molar refractivity (Wildman–Crippen MR) is 106 cm³/mol. The molecule has 5 rings (SSSR count). The first-order chi connectivity index (χ1) is 13.3. The van der Waals surface area contributed by atoms with Crippen molar-refractivity contribution in [3.05, 3.63) is 54.7 Å². The smallest absolute Gasteiger partial charge is 0.181 e. The summed E-state index contributed by atoms with van der Waals surface area (Å²) < 4.78 is 0. The zero-order valence-corrected chi connectivity index (χ0v) is 15.1. The van der Waals surface area contributed by atoms with Crippen molar-refractivity contribution in [2.24, 2.45) is 0 Å². The molecule has 0 saturated carbocycles. The molecule has 0 spiro atoms. The Morgan fingerprint density at radius 2 is 2.00 bits per heavy atom. The number of benzene rings is 2. The topological polar surface area (TPSA) is 70.6 Å². The number of hydrogen-bond acceptors (Lipinski definition) is 5. The number of hydrogen-bond donors (Lipinski definition) is 1. The first-order valence-electron chi connectivity index (χ1n) is 9.30. The highest BCUT2D eigenvalue weighted by Crippen LogP contribution is 2.38. The molecular weight excluding hydrogens is 336 g/mol. The Morgan fingerprint density at radius 3 is 2.74 bits per heavy atom. The zero-order valence-electron chi connectivity index (χ0n) is 15.1. The Hall–Kier alpha value is -3.28. The maximum absolute atomic E-state index is 4.68. The van der Waals surface area contributed by atoms with Gasteiger partial charge in [0.1, 0.15) is 0 Å². The van der Waals surface area contributed by atoms with E-state index < -0.39 is 0 Å². The second kappa shape index (κ2) is 6.46. The van der Waals surface area contributed by atoms with Gasteiger partial charge in [-0.05, 0) is 54.0 Å². The van der Waals surface area contributed by atoms with Gasteiger partial charge in [-0.3, -0.25) is 4.98 Å². The number of pyridine rings is 1. The van der Waals surface area contributed by atoms with Crippen LogP contribution in [0.3, 0.4) is 0 Å². The summed E-state index contributed by atoms with van der Waals surface area (Å²) in [6.45, 7) is 3.40. The van der Waals surface area contributed by atoms with Crippen LogP contribution in [-0.2, 0) is 0 Å². The molecule has 1 aliphatic heterocycles. The van der Waals surface area contributed by atoms with E-state index in [1.807, 2.05) is 12.3 Å². The van der Waals surface area contributed by atoms with E-state index >= 15 is 0 Å². The minimum absolute atomic E-state index is 0.567. The van der Waals surface area contributed by atoms with Gasteiger partial charge in [-0.2, -0.15) is 0 Å². The molecule has 2 aromatic carbocycles. The zero-order chi connectivity index (χ0) is 18.2. The minimum Gasteiger partial charge on any atom is -0.369 e. The van der Waals surface area contributed by atoms with E-state index in [4.69, 9.17) is 0 Å². The van der Waals surface area contributed by atoms with Gasteiger partial charge in [-0.25, -0.2) is 5.10 Å². The molecule has 1 aliphatic rings. The van der Waals surface area contributed by atoms with Crippen molar-refractivity contribution in [2.45, 2.75) is 25.8 Å². The van der Waals surface area contributed by atoms with Gasteiger partial charge >= 0.3 is 0 Å². The van der Waals surface area contributed by atoms with Crippen molar-refractivity contribution >= 4 is 16.6 Å². The molecule has 0 radical (unpaired) electrons. The molecule has 6 heteroatoms. The van der Waals surface area contributed by atoms with Gasteiger partial charge in [-0.15, -0.1) is 5.10 Å². The van der Waals surface area contributed by atoms with Crippen LogP contribution in [-0.4, -0.2) is 38.2 Å². The molecule has 27 heavy (non-hydrogen) atoms. The fraction of sp³-hybridized carbons (Fsp3) is 0.238. The number of fused-ring (bicyclic) bond motifs is 1. The van der Waals surface area contributed by atoms with Crippen LogP contribution in [0, 0.1) is 0 Å². The lowest BCUT2D eigenvalue weighted by molar-refractivity contribution is 0.735. The highest BCUT2D eigenvalue weighted by atomic mass is 15.5. The molecule has 0 amide bonds. The molecule has 6 nitrogen and oxygen atoms in total. The van der Waals surface area contributed by atoms with Crippen molar-refractivity contribution in [3.8, 4) is 22.5 Å². The van der Waals surface area contributed by atoms with Crippen molar-refractivity contribution in [2.75, 3.05) is 11.4 Å². The Labute approximate surface area is 157 Å². The van der Waals surface area contributed by atoms with E-state index in [9.17, 15) is 0 Å². The number of nitrogens with one attached hydrogen (secondary N) is 1. The third kappa shape index (κ3) is 2.73. The van der Waals surface area contributed by atoms with Crippen LogP contribution < -0.4 is 4.90 Å². The molecule has 0 aliphatic carbocycles. The predicted octanol–water partition coefficient (Wildman–Crippen LogP) is 4.07. The lowest BCUT2D eigenvalue weighted by Crippen LogP contribution is -2.26. The number of anilines is 1. The Morgan fingerprint density at radius 1 is 1.11 bits per heavy atom. The SMILES string of the molecule is CC1CCCN1c1ccc2ncc(-c3nnn[nH]3)c(-c3ccccc3)c2c1. The monoisotopic (exact) mass is 356 g/mol. The lowest BCUT2D eigenvalue weighted by Gasteiger charge is -2.24. The normalized spacial score (nSPS) is 16.9. The molecule has 1 saturated heterocycles. The van der Waals surface area contributed by atoms with E-state index in [2.05, 4.69) is 79.9 Å². The molecule has 1 atom stereocenters. The van der Waals surface area contributed by atoms with Gasteiger partial charge in [0, 0.05) is 41.0 Å². The van der Waals surface area contributed by atoms with Crippen LogP contribution in [0.15, 0.2) is 54.7 Å². The summed E-state index contributed by atoms with van der Waals surface area (Å²) in [5, 5.41) is 15.6. The number of rotatable bonds is 3. The van der Waals surface area contributed by atoms with Gasteiger partial charge in [0.25, 0.3) is 0 Å². The molecular formula is C21H20N6. The van der Waals surface area contributed by atoms with Crippen LogP contribution in [0.5, 0.6) is 0 Å². The highest BCUT2D eigenvalue weighted by molar-refractivity contribution is 6.02. The van der Waals surface area contributed by atoms with Crippen molar-refractivity contribution in [1.82, 2.24) is 25.6 Å². The van der Waals surface area contributed by atoms with E-state index in [0.29, 0.717) is 11.9 Å².